The van der Waals surface area contributed by atoms with Gasteiger partial charge in [0.1, 0.15) is 0 Å². The second-order valence-corrected chi connectivity index (χ2v) is 3.02. The number of nitrogens with two attached hydrogens (primary N) is 1. The molecule has 1 amide bonds. The van der Waals surface area contributed by atoms with E-state index < -0.39 is 5.91 Å². The average Bonchev–Trinajstić information content (AvgIpc) is 2.14. The van der Waals surface area contributed by atoms with Crippen LogP contribution in [0, 0.1) is 0 Å². The van der Waals surface area contributed by atoms with Gasteiger partial charge in [0.25, 0.3) is 0 Å². The summed E-state index contributed by atoms with van der Waals surface area (Å²) in [6.07, 6.45) is 9.54. The van der Waals surface area contributed by atoms with Crippen LogP contribution in [0.2, 0.25) is 0 Å². The van der Waals surface area contributed by atoms with Crippen LogP contribution in [0.25, 0.3) is 0 Å². The molecule has 0 aromatic rings. The van der Waals surface area contributed by atoms with Gasteiger partial charge in [-0.1, -0.05) is 59.0 Å². The predicted molar refractivity (Wildman–Crippen MR) is 58.4 cm³/mol. The molecular formula is C11H23NO. The molecule has 78 valence electrons. The third kappa shape index (κ3) is 24.7. The Morgan fingerprint density at radius 3 is 1.62 bits per heavy atom. The first-order valence-electron chi connectivity index (χ1n) is 5.10. The zero-order valence-electron chi connectivity index (χ0n) is 9.01. The number of unbranched alkanes of at least 4 members (excludes halogenated alkanes) is 5. The Morgan fingerprint density at radius 1 is 1.15 bits per heavy atom. The van der Waals surface area contributed by atoms with Gasteiger partial charge in [-0.3, -0.25) is 4.79 Å². The lowest BCUT2D eigenvalue weighted by Crippen LogP contribution is -2.04. The summed E-state index contributed by atoms with van der Waals surface area (Å²) in [6.45, 7) is 7.60. The van der Waals surface area contributed by atoms with Crippen LogP contribution in [-0.2, 0) is 4.79 Å². The Kier molecular flexibility index (Phi) is 15.6. The van der Waals surface area contributed by atoms with E-state index in [4.69, 9.17) is 0 Å². The Hall–Kier alpha value is -0.790. The first-order valence-corrected chi connectivity index (χ1v) is 5.10. The van der Waals surface area contributed by atoms with Gasteiger partial charge in [0.2, 0.25) is 5.91 Å². The largest absolute Gasteiger partial charge is 0.366 e. The van der Waals surface area contributed by atoms with E-state index in [0.29, 0.717) is 0 Å². The number of carbonyl (C=O) groups is 1. The van der Waals surface area contributed by atoms with Crippen LogP contribution in [0.1, 0.15) is 52.4 Å². The summed E-state index contributed by atoms with van der Waals surface area (Å²) >= 11 is 0. The van der Waals surface area contributed by atoms with Crippen LogP contribution in [0.5, 0.6) is 0 Å². The third-order valence-electron chi connectivity index (χ3n) is 1.66. The van der Waals surface area contributed by atoms with E-state index >= 15 is 0 Å². The van der Waals surface area contributed by atoms with Crippen molar-refractivity contribution in [1.82, 2.24) is 0 Å². The van der Waals surface area contributed by atoms with Gasteiger partial charge in [-0.15, -0.1) is 0 Å². The van der Waals surface area contributed by atoms with Crippen LogP contribution < -0.4 is 5.73 Å². The monoisotopic (exact) mass is 185 g/mol. The molecule has 0 spiro atoms. The topological polar surface area (TPSA) is 43.1 Å². The molecular weight excluding hydrogens is 162 g/mol. The van der Waals surface area contributed by atoms with Crippen molar-refractivity contribution in [1.29, 1.82) is 0 Å². The highest BCUT2D eigenvalue weighted by atomic mass is 16.1. The van der Waals surface area contributed by atoms with E-state index in [1.54, 1.807) is 0 Å². The minimum absolute atomic E-state index is 0.481. The normalized spacial score (nSPS) is 8.46. The SMILES string of the molecule is C=CC(N)=O.CCCCCCCC. The summed E-state index contributed by atoms with van der Waals surface area (Å²) in [4.78, 5) is 9.47. The van der Waals surface area contributed by atoms with Gasteiger partial charge in [0.15, 0.2) is 0 Å². The number of amides is 1. The van der Waals surface area contributed by atoms with Gasteiger partial charge in [-0.2, -0.15) is 0 Å². The van der Waals surface area contributed by atoms with Gasteiger partial charge in [-0.05, 0) is 6.08 Å². The molecule has 0 radical (unpaired) electrons. The third-order valence-corrected chi connectivity index (χ3v) is 1.66. The molecule has 0 aromatic carbocycles. The maximum Gasteiger partial charge on any atom is 0.240 e. The molecule has 0 saturated carbocycles. The predicted octanol–water partition coefficient (Wildman–Crippen LogP) is 3.02. The smallest absolute Gasteiger partial charge is 0.240 e. The molecule has 13 heavy (non-hydrogen) atoms. The van der Waals surface area contributed by atoms with Crippen LogP contribution in [0.3, 0.4) is 0 Å². The number of carbonyl (C=O) groups excluding carboxylic acids is 1. The lowest BCUT2D eigenvalue weighted by molar-refractivity contribution is -0.113. The van der Waals surface area contributed by atoms with E-state index in [0.717, 1.165) is 6.08 Å². The van der Waals surface area contributed by atoms with Gasteiger partial charge < -0.3 is 5.73 Å². The summed E-state index contributed by atoms with van der Waals surface area (Å²) < 4.78 is 0. The lowest BCUT2D eigenvalue weighted by Gasteiger charge is -1.93. The van der Waals surface area contributed by atoms with Crippen molar-refractivity contribution in [2.45, 2.75) is 52.4 Å². The zero-order chi connectivity index (χ0) is 10.5. The number of primary amides is 1. The van der Waals surface area contributed by atoms with E-state index in [9.17, 15) is 4.79 Å². The average molecular weight is 185 g/mol. The summed E-state index contributed by atoms with van der Waals surface area (Å²) in [6, 6.07) is 0. The van der Waals surface area contributed by atoms with Crippen molar-refractivity contribution >= 4 is 5.91 Å². The second-order valence-electron chi connectivity index (χ2n) is 3.02. The molecule has 0 aliphatic heterocycles. The summed E-state index contributed by atoms with van der Waals surface area (Å²) in [7, 11) is 0. The molecule has 0 bridgehead atoms. The molecule has 2 nitrogen and oxygen atoms in total. The van der Waals surface area contributed by atoms with Crippen LogP contribution >= 0.6 is 0 Å². The molecule has 0 heterocycles. The quantitative estimate of drug-likeness (QED) is 0.501. The molecule has 0 fully saturated rings. The Bertz CT molecular complexity index is 115. The van der Waals surface area contributed by atoms with Crippen molar-refractivity contribution in [3.05, 3.63) is 12.7 Å². The number of hydrogen-bond donors (Lipinski definition) is 1. The molecule has 2 N–H and O–H groups in total. The number of hydrogen-bond acceptors (Lipinski definition) is 1. The lowest BCUT2D eigenvalue weighted by atomic mass is 10.1. The van der Waals surface area contributed by atoms with Gasteiger partial charge >= 0.3 is 0 Å². The highest BCUT2D eigenvalue weighted by Crippen LogP contribution is 2.03. The standard InChI is InChI=1S/C8H18.C3H5NO/c1-3-5-7-8-6-4-2;1-2-3(4)5/h3-8H2,1-2H3;2H,1H2,(H2,4,5). The van der Waals surface area contributed by atoms with Crippen molar-refractivity contribution < 1.29 is 4.79 Å². The fraction of sp³-hybridized carbons (Fsp3) is 0.727. The first kappa shape index (κ1) is 14.7. The van der Waals surface area contributed by atoms with E-state index in [1.807, 2.05) is 0 Å². The summed E-state index contributed by atoms with van der Waals surface area (Å²) in [5, 5.41) is 0. The molecule has 0 saturated heterocycles. The minimum atomic E-state index is -0.481. The highest BCUT2D eigenvalue weighted by molar-refractivity contribution is 5.84. The van der Waals surface area contributed by atoms with Crippen molar-refractivity contribution in [2.24, 2.45) is 5.73 Å². The van der Waals surface area contributed by atoms with Crippen molar-refractivity contribution in [3.8, 4) is 0 Å². The van der Waals surface area contributed by atoms with Crippen molar-refractivity contribution in [2.75, 3.05) is 0 Å². The Balaban J connectivity index is 0. The fourth-order valence-electron chi connectivity index (χ4n) is 0.854. The summed E-state index contributed by atoms with van der Waals surface area (Å²) in [5.41, 5.74) is 4.53. The minimum Gasteiger partial charge on any atom is -0.366 e. The zero-order valence-corrected chi connectivity index (χ0v) is 9.01. The molecule has 0 aliphatic carbocycles. The maximum atomic E-state index is 9.47. The summed E-state index contributed by atoms with van der Waals surface area (Å²) in [5.74, 6) is -0.481. The fourth-order valence-corrected chi connectivity index (χ4v) is 0.854. The number of rotatable bonds is 6. The van der Waals surface area contributed by atoms with Gasteiger partial charge in [0, 0.05) is 0 Å². The Labute approximate surface area is 82.2 Å². The molecule has 0 rings (SSSR count). The van der Waals surface area contributed by atoms with Crippen molar-refractivity contribution in [3.63, 3.8) is 0 Å². The van der Waals surface area contributed by atoms with E-state index in [-0.39, 0.29) is 0 Å². The first-order chi connectivity index (χ1) is 6.18. The Morgan fingerprint density at radius 2 is 1.46 bits per heavy atom. The molecule has 0 aliphatic rings. The maximum absolute atomic E-state index is 9.47. The van der Waals surface area contributed by atoms with Crippen LogP contribution in [-0.4, -0.2) is 5.91 Å². The van der Waals surface area contributed by atoms with Crippen LogP contribution in [0.4, 0.5) is 0 Å². The molecule has 0 aromatic heterocycles. The molecule has 2 heteroatoms. The van der Waals surface area contributed by atoms with E-state index in [2.05, 4.69) is 26.2 Å². The highest BCUT2D eigenvalue weighted by Gasteiger charge is 1.83. The van der Waals surface area contributed by atoms with Crippen LogP contribution in [0.15, 0.2) is 12.7 Å². The molecule has 0 unspecified atom stereocenters. The van der Waals surface area contributed by atoms with E-state index in [1.165, 1.54) is 38.5 Å². The van der Waals surface area contributed by atoms with Gasteiger partial charge in [-0.25, -0.2) is 0 Å². The second kappa shape index (κ2) is 13.8. The molecule has 0 atom stereocenters. The van der Waals surface area contributed by atoms with Gasteiger partial charge in [0.05, 0.1) is 0 Å².